The van der Waals surface area contributed by atoms with Gasteiger partial charge in [-0.3, -0.25) is 53.0 Å². The van der Waals surface area contributed by atoms with Crippen LogP contribution in [0.4, 0.5) is 39.5 Å². The van der Waals surface area contributed by atoms with E-state index in [1.165, 1.54) is 427 Å². The molecule has 20 nitrogen and oxygen atoms in total. The van der Waals surface area contributed by atoms with Crippen LogP contribution in [0.3, 0.4) is 0 Å². The zero-order valence-electron chi connectivity index (χ0n) is 91.8. The average Bonchev–Trinajstić information content (AvgIpc) is 0.820. The molecule has 0 saturated heterocycles. The molecule has 0 radical (unpaired) electrons. The van der Waals surface area contributed by atoms with Crippen molar-refractivity contribution in [2.45, 2.75) is 537 Å². The van der Waals surface area contributed by atoms with E-state index < -0.39 is 96.8 Å². The molecule has 0 unspecified atom stereocenters. The summed E-state index contributed by atoms with van der Waals surface area (Å²) in [7, 11) is 0. The second kappa shape index (κ2) is 97.5. The topological polar surface area (TPSA) is 265 Å². The van der Waals surface area contributed by atoms with Crippen LogP contribution < -0.4 is 37.2 Å². The quantitative estimate of drug-likeness (QED) is 0.0107. The molecular weight excluding hydrogens is 1880 g/mol. The van der Waals surface area contributed by atoms with E-state index in [2.05, 4.69) is 73.8 Å². The van der Waals surface area contributed by atoms with Gasteiger partial charge in [-0.25, -0.2) is 0 Å². The van der Waals surface area contributed by atoms with Crippen LogP contribution in [0.5, 0.6) is 0 Å². The van der Waals surface area contributed by atoms with Crippen LogP contribution in [0.15, 0.2) is 36.4 Å². The molecule has 0 aliphatic carbocycles. The number of hydrogen-bond donors (Lipinski definition) is 7. The summed E-state index contributed by atoms with van der Waals surface area (Å²) in [6.07, 6.45) is 76.3. The number of alkyl halides is 9. The van der Waals surface area contributed by atoms with Crippen LogP contribution in [0.2, 0.25) is 0 Å². The molecule has 0 bridgehead atoms. The first-order valence-corrected chi connectivity index (χ1v) is 58.1. The third-order valence-corrected chi connectivity index (χ3v) is 26.9. The van der Waals surface area contributed by atoms with Gasteiger partial charge in [0.05, 0.1) is 26.7 Å². The lowest BCUT2D eigenvalue weighted by molar-refractivity contribution is -0.173. The minimum absolute atomic E-state index is 0. The number of rotatable bonds is 96. The van der Waals surface area contributed by atoms with Crippen molar-refractivity contribution >= 4 is 59.2 Å². The predicted octanol–water partition coefficient (Wildman–Crippen LogP) is 31.5. The highest BCUT2D eigenvalue weighted by Crippen LogP contribution is 2.25. The Bertz CT molecular complexity index is 3130. The number of carbonyl (C=O) groups excluding carboxylic acids is 10. The fraction of sp³-hybridized carbons (Fsp3) is 0.812. The lowest BCUT2D eigenvalue weighted by atomic mass is 10.00. The fourth-order valence-electron chi connectivity index (χ4n) is 17.8. The third-order valence-electron chi connectivity index (χ3n) is 26.9. The van der Waals surface area contributed by atoms with Crippen molar-refractivity contribution in [2.24, 2.45) is 0 Å². The summed E-state index contributed by atoms with van der Waals surface area (Å²) in [6, 6.07) is 7.63. The number of halogens is 9. The number of aldehydes is 1. The van der Waals surface area contributed by atoms with E-state index in [0.29, 0.717) is 43.0 Å². The maximum Gasteiger partial charge on any atom is 0.471 e. The summed E-state index contributed by atoms with van der Waals surface area (Å²) in [5.41, 5.74) is -0.414. The molecule has 0 aliphatic rings. The molecule has 2 aromatic carbocycles. The molecule has 7 N–H and O–H groups in total. The van der Waals surface area contributed by atoms with E-state index in [1.807, 2.05) is 0 Å². The van der Waals surface area contributed by atoms with Gasteiger partial charge in [0, 0.05) is 65.7 Å². The lowest BCUT2D eigenvalue weighted by Gasteiger charge is -2.24. The summed E-state index contributed by atoms with van der Waals surface area (Å²) in [6.45, 7) is 20.7. The summed E-state index contributed by atoms with van der Waals surface area (Å²) < 4.78 is 110. The molecule has 848 valence electrons. The Morgan fingerprint density at radius 1 is 0.226 bits per heavy atom. The molecule has 0 aromatic heterocycles. The van der Waals surface area contributed by atoms with Gasteiger partial charge < -0.3 is 46.9 Å². The zero-order chi connectivity index (χ0) is 107. The van der Waals surface area contributed by atoms with E-state index in [4.69, 9.17) is 0 Å². The molecule has 7 amide bonds. The van der Waals surface area contributed by atoms with E-state index in [-0.39, 0.29) is 25.0 Å². The molecule has 0 atom stereocenters. The van der Waals surface area contributed by atoms with E-state index in [0.717, 1.165) is 102 Å². The summed E-state index contributed by atoms with van der Waals surface area (Å²) in [5.74, 6) is -11.1. The summed E-state index contributed by atoms with van der Waals surface area (Å²) in [5, 5.41) is 14.3. The SMILES string of the molecule is C.CCCCCCCCCCCC=O.CCCCCCCCCCCCN(CCCCCCCCCCCC)CCC(=O)c1cc(C(=O)NCN(CCCCCCCCCCCC)CCCCCCCCCCCC)cc(C(=O)NCN(CCCCCCCCCCCC)CCCCCCCCCCCC)c1.O=C(CCNC(=O)C(F)(F)F)c1cc(C(=O)NCNC(=O)C(F)(F)F)cc(C(=O)NCNC(=O)C(F)(F)F)c1. The maximum absolute atomic E-state index is 14.7. The van der Waals surface area contributed by atoms with Crippen LogP contribution in [-0.4, -0.2) is 171 Å². The van der Waals surface area contributed by atoms with E-state index in [9.17, 15) is 87.5 Å². The average molecular weight is 2080 g/mol. The van der Waals surface area contributed by atoms with Crippen molar-refractivity contribution in [1.82, 2.24) is 51.9 Å². The standard InChI is InChI=1S/C85H163N5O3.C19H16F9N5O6.C12H24O.CH4/c1-7-13-19-25-31-37-43-49-55-61-68-88(69-62-56-50-44-38-32-26-20-14-8-2)74-67-83(91)80-75-81(84(92)86-78-89(70-63-57-51-45-39-33-27-21-15-9-3)71-64-58-52-46-40-34-28-22-16-10-4)77-82(76-80)85(93)87-79-90(72-65-59-53-47-41-35-29-23-17-11-5)73-66-60-54-48-42-36-30-24-18-12-6;20-17(21,22)14(37)29-2-1-11(34)8-3-9(12(35)30-6-32-15(38)18(23,24)25)5-10(4-8)13(36)31-7-33-16(39)19(26,27)28;1-2-3-4-5-6-7-8-9-10-11-12-13;/h75-77H,7-74,78-79H2,1-6H3,(H,86,92)(H,87,93);3-5H,1-2,6-7H2,(H,29,37)(H,30,35)(H,31,36)(H,32,38)(H,33,39);12H,2-11H2,1H3;1H4. The number of nitrogens with zero attached hydrogens (tertiary/aromatic N) is 3. The van der Waals surface area contributed by atoms with Crippen molar-refractivity contribution in [3.05, 3.63) is 69.8 Å². The molecule has 2 rings (SSSR count). The summed E-state index contributed by atoms with van der Waals surface area (Å²) >= 11 is 0. The van der Waals surface area contributed by atoms with Gasteiger partial charge in [0.15, 0.2) is 11.6 Å². The van der Waals surface area contributed by atoms with Gasteiger partial charge in [0.1, 0.15) is 6.29 Å². The highest BCUT2D eigenvalue weighted by molar-refractivity contribution is 6.06. The van der Waals surface area contributed by atoms with Gasteiger partial charge in [0.25, 0.3) is 23.6 Å². The number of carbonyl (C=O) groups is 10. The second-order valence-electron chi connectivity index (χ2n) is 40.4. The van der Waals surface area contributed by atoms with Crippen LogP contribution in [-0.2, 0) is 19.2 Å². The second-order valence-corrected chi connectivity index (χ2v) is 40.4. The monoisotopic (exact) mass is 2080 g/mol. The van der Waals surface area contributed by atoms with Crippen molar-refractivity contribution in [3.63, 3.8) is 0 Å². The van der Waals surface area contributed by atoms with Crippen molar-refractivity contribution < 1.29 is 87.5 Å². The largest absolute Gasteiger partial charge is 0.471 e. The minimum atomic E-state index is -5.29. The molecule has 0 heterocycles. The number of hydrogen-bond acceptors (Lipinski definition) is 13. The highest BCUT2D eigenvalue weighted by atomic mass is 19.4. The Labute approximate surface area is 879 Å². The van der Waals surface area contributed by atoms with E-state index in [1.54, 1.807) is 28.8 Å². The minimum Gasteiger partial charge on any atom is -0.348 e. The van der Waals surface area contributed by atoms with Crippen LogP contribution in [0, 0.1) is 0 Å². The molecule has 146 heavy (non-hydrogen) atoms. The summed E-state index contributed by atoms with van der Waals surface area (Å²) in [4.78, 5) is 131. The molecule has 0 aliphatic heterocycles. The smallest absolute Gasteiger partial charge is 0.348 e. The van der Waals surface area contributed by atoms with Gasteiger partial charge in [-0.1, -0.05) is 454 Å². The third kappa shape index (κ3) is 83.7. The molecular formula is C117H207F9N10O10. The normalized spacial score (nSPS) is 11.5. The molecule has 29 heteroatoms. The molecule has 0 spiro atoms. The first-order chi connectivity index (χ1) is 70.0. The van der Waals surface area contributed by atoms with Gasteiger partial charge >= 0.3 is 36.3 Å². The Hall–Kier alpha value is -7.01. The Morgan fingerprint density at radius 3 is 0.630 bits per heavy atom. The van der Waals surface area contributed by atoms with Crippen LogP contribution in [0.1, 0.15) is 580 Å². The first-order valence-electron chi connectivity index (χ1n) is 58.1. The van der Waals surface area contributed by atoms with E-state index >= 15 is 0 Å². The number of amides is 7. The number of benzene rings is 2. The Balaban J connectivity index is 0. The molecule has 0 saturated carbocycles. The van der Waals surface area contributed by atoms with Gasteiger partial charge in [-0.05, 0) is 121 Å². The van der Waals surface area contributed by atoms with Crippen molar-refractivity contribution in [3.8, 4) is 0 Å². The molecule has 2 aromatic rings. The Morgan fingerprint density at radius 2 is 0.411 bits per heavy atom. The van der Waals surface area contributed by atoms with Gasteiger partial charge in [-0.2, -0.15) is 39.5 Å². The highest BCUT2D eigenvalue weighted by Gasteiger charge is 2.40. The number of ketones is 2. The van der Waals surface area contributed by atoms with Gasteiger partial charge in [0.2, 0.25) is 0 Å². The predicted molar refractivity (Wildman–Crippen MR) is 583 cm³/mol. The number of unbranched alkanes of at least 4 members (excludes halogenated alkanes) is 63. The van der Waals surface area contributed by atoms with Gasteiger partial charge in [-0.15, -0.1) is 0 Å². The lowest BCUT2D eigenvalue weighted by Crippen LogP contribution is -2.44. The molecule has 0 fully saturated rings. The zero-order valence-corrected chi connectivity index (χ0v) is 91.8. The number of nitrogens with one attached hydrogen (secondary N) is 7. The van der Waals surface area contributed by atoms with Crippen molar-refractivity contribution in [2.75, 3.05) is 79.0 Å². The Kier molecular flexibility index (Phi) is 94.2. The first kappa shape index (κ1) is 141. The van der Waals surface area contributed by atoms with Crippen LogP contribution >= 0.6 is 0 Å². The van der Waals surface area contributed by atoms with Crippen LogP contribution in [0.25, 0.3) is 0 Å². The maximum atomic E-state index is 14.7. The van der Waals surface area contributed by atoms with Crippen molar-refractivity contribution in [1.29, 1.82) is 0 Å². The number of Topliss-reactive ketones (excluding diaryl/α,β-unsaturated/α-hetero) is 2. The fourth-order valence-corrected chi connectivity index (χ4v) is 17.8.